The van der Waals surface area contributed by atoms with Gasteiger partial charge in [-0.25, -0.2) is 22.5 Å². The van der Waals surface area contributed by atoms with Crippen molar-refractivity contribution in [1.29, 1.82) is 0 Å². The lowest BCUT2D eigenvalue weighted by Crippen LogP contribution is -2.47. The molecular weight excluding hydrogens is 553 g/mol. The molecule has 3 N–H and O–H groups in total. The first kappa shape index (κ1) is 29.3. The summed E-state index contributed by atoms with van der Waals surface area (Å²) in [5, 5.41) is 20.6. The first-order valence-corrected chi connectivity index (χ1v) is 12.0. The highest BCUT2D eigenvalue weighted by atomic mass is 19.4. The number of β-amino-alcohol motifs (C(OH)–C–C–N with tert-alkyl or cyclic N) is 2. The van der Waals surface area contributed by atoms with Crippen LogP contribution in [0.5, 0.6) is 0 Å². The lowest BCUT2D eigenvalue weighted by atomic mass is 10.0. The summed E-state index contributed by atoms with van der Waals surface area (Å²) in [5.74, 6) is -8.18. The molecule has 216 valence electrons. The van der Waals surface area contributed by atoms with Gasteiger partial charge in [0.05, 0.1) is 17.6 Å². The van der Waals surface area contributed by atoms with E-state index in [1.54, 1.807) is 5.32 Å². The second kappa shape index (κ2) is 10.7. The summed E-state index contributed by atoms with van der Waals surface area (Å²) in [6, 6.07) is -1.25. The molecule has 0 bridgehead atoms. The number of aromatic nitrogens is 2. The molecule has 1 unspecified atom stereocenters. The van der Waals surface area contributed by atoms with E-state index in [2.05, 4.69) is 4.98 Å². The number of aliphatic hydroxyl groups excluding tert-OH is 2. The van der Waals surface area contributed by atoms with E-state index in [1.165, 1.54) is 13.8 Å². The van der Waals surface area contributed by atoms with E-state index >= 15 is 4.39 Å². The summed E-state index contributed by atoms with van der Waals surface area (Å²) >= 11 is 0. The fourth-order valence-electron chi connectivity index (χ4n) is 4.46. The Balaban J connectivity index is 1.96. The Kier molecular flexibility index (Phi) is 7.82. The maximum Gasteiger partial charge on any atom is 0.408 e. The van der Waals surface area contributed by atoms with Gasteiger partial charge in [0, 0.05) is 31.4 Å². The van der Waals surface area contributed by atoms with E-state index in [0.717, 1.165) is 4.90 Å². The van der Waals surface area contributed by atoms with Crippen molar-refractivity contribution < 1.29 is 45.7 Å². The molecule has 0 aliphatic carbocycles. The number of carbonyl (C=O) groups is 1. The van der Waals surface area contributed by atoms with Gasteiger partial charge < -0.3 is 20.4 Å². The van der Waals surface area contributed by atoms with Gasteiger partial charge in [-0.2, -0.15) is 13.2 Å². The molecule has 1 amide bonds. The minimum atomic E-state index is -4.90. The number of hydrogen-bond acceptors (Lipinski definition) is 6. The van der Waals surface area contributed by atoms with Crippen LogP contribution < -0.4 is 15.6 Å². The molecule has 8 nitrogen and oxygen atoms in total. The average molecular weight is 576 g/mol. The number of nitrogens with zero attached hydrogens (tertiary/aromatic N) is 3. The molecule has 4 rings (SSSR count). The number of aliphatic hydroxyl groups is 2. The van der Waals surface area contributed by atoms with E-state index < -0.39 is 99.5 Å². The molecule has 2 aromatic heterocycles. The van der Waals surface area contributed by atoms with Crippen LogP contribution in [0.2, 0.25) is 0 Å². The molecule has 3 aromatic rings. The van der Waals surface area contributed by atoms with Crippen LogP contribution in [0.3, 0.4) is 0 Å². The standard InChI is InChI=1S/C25H23F7N4O4/c1-10(2)3-19(25(30,31)32)33-24(40)13-7-36(20-14(27)4-11(26)5-15(20)28)22-12(21(13)39)6-16(29)23(34-22)35-8-17(37)18(38)9-35/h4-7,10,17-19,37-38H,3,8-9H2,1-2H3,(H,33,40)/t17-,18+,19?. The number of pyridine rings is 2. The Morgan fingerprint density at radius 3 is 2.15 bits per heavy atom. The van der Waals surface area contributed by atoms with Crippen LogP contribution in [-0.2, 0) is 0 Å². The van der Waals surface area contributed by atoms with Gasteiger partial charge in [0.15, 0.2) is 28.9 Å². The zero-order valence-corrected chi connectivity index (χ0v) is 20.9. The Labute approximate surface area is 221 Å². The largest absolute Gasteiger partial charge is 0.408 e. The van der Waals surface area contributed by atoms with Crippen LogP contribution in [0.25, 0.3) is 16.7 Å². The number of benzene rings is 1. The molecule has 0 saturated carbocycles. The SMILES string of the molecule is CC(C)CC(NC(=O)c1cn(-c2c(F)cc(F)cc2F)c2nc(N3C[C@@H](O)[C@@H](O)C3)c(F)cc2c1=O)C(F)(F)F. The number of amides is 1. The Bertz CT molecular complexity index is 1490. The van der Waals surface area contributed by atoms with Crippen molar-refractivity contribution in [3.63, 3.8) is 0 Å². The van der Waals surface area contributed by atoms with E-state index in [0.29, 0.717) is 16.8 Å². The highest BCUT2D eigenvalue weighted by Gasteiger charge is 2.41. The maximum absolute atomic E-state index is 15.1. The van der Waals surface area contributed by atoms with Gasteiger partial charge in [0.25, 0.3) is 5.91 Å². The number of fused-ring (bicyclic) bond motifs is 1. The normalized spacial score (nSPS) is 18.6. The second-order valence-corrected chi connectivity index (χ2v) is 9.86. The van der Waals surface area contributed by atoms with Gasteiger partial charge in [0.1, 0.15) is 23.1 Å². The highest BCUT2D eigenvalue weighted by Crippen LogP contribution is 2.29. The lowest BCUT2D eigenvalue weighted by Gasteiger charge is -2.24. The van der Waals surface area contributed by atoms with Crippen molar-refractivity contribution in [2.24, 2.45) is 5.92 Å². The molecule has 0 spiro atoms. The lowest BCUT2D eigenvalue weighted by molar-refractivity contribution is -0.156. The van der Waals surface area contributed by atoms with Gasteiger partial charge in [0.2, 0.25) is 5.43 Å². The third kappa shape index (κ3) is 5.61. The molecule has 15 heteroatoms. The summed E-state index contributed by atoms with van der Waals surface area (Å²) in [6.45, 7) is 2.35. The number of carbonyl (C=O) groups excluding carboxylic acids is 1. The van der Waals surface area contributed by atoms with Gasteiger partial charge in [-0.05, 0) is 18.4 Å². The van der Waals surface area contributed by atoms with Crippen molar-refractivity contribution >= 4 is 22.8 Å². The number of anilines is 1. The minimum Gasteiger partial charge on any atom is -0.389 e. The summed E-state index contributed by atoms with van der Waals surface area (Å²) in [6.07, 6.45) is -7.50. The molecular formula is C25H23F7N4O4. The first-order chi connectivity index (χ1) is 18.6. The number of halogens is 7. The smallest absolute Gasteiger partial charge is 0.389 e. The third-order valence-corrected chi connectivity index (χ3v) is 6.35. The number of rotatable bonds is 6. The molecule has 1 aliphatic heterocycles. The van der Waals surface area contributed by atoms with Crippen LogP contribution in [0, 0.1) is 29.2 Å². The van der Waals surface area contributed by atoms with Gasteiger partial charge in [-0.15, -0.1) is 0 Å². The Hall–Kier alpha value is -3.72. The molecule has 1 fully saturated rings. The van der Waals surface area contributed by atoms with E-state index in [9.17, 15) is 46.1 Å². The maximum atomic E-state index is 15.1. The minimum absolute atomic E-state index is 0.280. The van der Waals surface area contributed by atoms with E-state index in [4.69, 9.17) is 0 Å². The van der Waals surface area contributed by atoms with Crippen LogP contribution in [0.15, 0.2) is 29.2 Å². The van der Waals surface area contributed by atoms with Crippen molar-refractivity contribution in [1.82, 2.24) is 14.9 Å². The topological polar surface area (TPSA) is 108 Å². The van der Waals surface area contributed by atoms with Crippen molar-refractivity contribution in [3.05, 3.63) is 63.5 Å². The average Bonchev–Trinajstić information content (AvgIpc) is 3.16. The predicted octanol–water partition coefficient (Wildman–Crippen LogP) is 3.19. The zero-order chi connectivity index (χ0) is 29.7. The quantitative estimate of drug-likeness (QED) is 0.390. The number of nitrogens with one attached hydrogen (secondary N) is 1. The molecule has 0 radical (unpaired) electrons. The molecule has 3 heterocycles. The fraction of sp³-hybridized carbons (Fsp3) is 0.400. The molecule has 1 saturated heterocycles. The van der Waals surface area contributed by atoms with Crippen LogP contribution in [0.1, 0.15) is 30.6 Å². The third-order valence-electron chi connectivity index (χ3n) is 6.35. The molecule has 40 heavy (non-hydrogen) atoms. The van der Waals surface area contributed by atoms with E-state index in [1.807, 2.05) is 0 Å². The van der Waals surface area contributed by atoms with Crippen LogP contribution in [0.4, 0.5) is 36.6 Å². The number of alkyl halides is 3. The van der Waals surface area contributed by atoms with Crippen molar-refractivity contribution in [2.75, 3.05) is 18.0 Å². The van der Waals surface area contributed by atoms with Gasteiger partial charge in [-0.3, -0.25) is 14.2 Å². The Morgan fingerprint density at radius 2 is 1.62 bits per heavy atom. The fourth-order valence-corrected chi connectivity index (χ4v) is 4.46. The molecule has 1 aromatic carbocycles. The number of hydrogen-bond donors (Lipinski definition) is 3. The highest BCUT2D eigenvalue weighted by molar-refractivity contribution is 5.97. The van der Waals surface area contributed by atoms with Crippen LogP contribution in [-0.4, -0.2) is 63.2 Å². The molecule has 3 atom stereocenters. The summed E-state index contributed by atoms with van der Waals surface area (Å²) in [7, 11) is 0. The first-order valence-electron chi connectivity index (χ1n) is 12.0. The van der Waals surface area contributed by atoms with Crippen molar-refractivity contribution in [2.45, 2.75) is 44.7 Å². The Morgan fingerprint density at radius 1 is 1.05 bits per heavy atom. The van der Waals surface area contributed by atoms with E-state index in [-0.39, 0.29) is 25.2 Å². The second-order valence-electron chi connectivity index (χ2n) is 9.86. The summed E-state index contributed by atoms with van der Waals surface area (Å²) in [5.41, 5.74) is -4.00. The predicted molar refractivity (Wildman–Crippen MR) is 128 cm³/mol. The summed E-state index contributed by atoms with van der Waals surface area (Å²) in [4.78, 5) is 31.2. The van der Waals surface area contributed by atoms with Gasteiger partial charge in [-0.1, -0.05) is 13.8 Å². The summed E-state index contributed by atoms with van der Waals surface area (Å²) < 4.78 is 99.6. The zero-order valence-electron chi connectivity index (χ0n) is 20.9. The molecule has 1 aliphatic rings. The monoisotopic (exact) mass is 576 g/mol. The van der Waals surface area contributed by atoms with Crippen molar-refractivity contribution in [3.8, 4) is 5.69 Å². The van der Waals surface area contributed by atoms with Crippen LogP contribution >= 0.6 is 0 Å². The van der Waals surface area contributed by atoms with Gasteiger partial charge >= 0.3 is 6.18 Å².